The van der Waals surface area contributed by atoms with Gasteiger partial charge in [-0.25, -0.2) is 0 Å². The minimum Gasteiger partial charge on any atom is -0.389 e. The summed E-state index contributed by atoms with van der Waals surface area (Å²) in [5, 5.41) is 12.8. The first-order valence-corrected chi connectivity index (χ1v) is 5.78. The normalized spacial score (nSPS) is 29.0. The summed E-state index contributed by atoms with van der Waals surface area (Å²) in [6.07, 6.45) is 3.14. The Hall–Kier alpha value is -0.160. The minimum absolute atomic E-state index is 0.385. The number of hydrogen-bond donors (Lipinski definition) is 2. The van der Waals surface area contributed by atoms with Crippen LogP contribution in [0.5, 0.6) is 0 Å². The second kappa shape index (κ2) is 7.17. The molecule has 3 atom stereocenters. The van der Waals surface area contributed by atoms with E-state index < -0.39 is 6.10 Å². The van der Waals surface area contributed by atoms with Crippen molar-refractivity contribution in [2.24, 2.45) is 0 Å². The summed E-state index contributed by atoms with van der Waals surface area (Å²) < 4.78 is 10.5. The fraction of sp³-hybridized carbons (Fsp3) is 1.00. The van der Waals surface area contributed by atoms with Crippen LogP contribution < -0.4 is 5.32 Å². The number of rotatable bonds is 6. The number of aliphatic hydroxyl groups is 1. The van der Waals surface area contributed by atoms with Crippen molar-refractivity contribution in [2.75, 3.05) is 26.9 Å². The third-order valence-electron chi connectivity index (χ3n) is 2.82. The fourth-order valence-electron chi connectivity index (χ4n) is 1.90. The lowest BCUT2D eigenvalue weighted by Crippen LogP contribution is -2.42. The first kappa shape index (κ1) is 12.9. The van der Waals surface area contributed by atoms with Crippen LogP contribution in [-0.4, -0.2) is 50.2 Å². The molecule has 1 saturated heterocycles. The summed E-state index contributed by atoms with van der Waals surface area (Å²) in [6, 6.07) is 0.482. The van der Waals surface area contributed by atoms with Crippen LogP contribution in [-0.2, 0) is 9.47 Å². The Bertz CT molecular complexity index is 166. The molecule has 0 radical (unpaired) electrons. The van der Waals surface area contributed by atoms with Crippen LogP contribution in [0.25, 0.3) is 0 Å². The predicted octanol–water partition coefficient (Wildman–Crippen LogP) is 0.541. The number of methoxy groups -OCH3 is 1. The molecule has 0 aliphatic carbocycles. The van der Waals surface area contributed by atoms with Gasteiger partial charge < -0.3 is 19.9 Å². The van der Waals surface area contributed by atoms with E-state index in [0.29, 0.717) is 25.3 Å². The number of aliphatic hydroxyl groups excluding tert-OH is 1. The second-order valence-electron chi connectivity index (χ2n) is 4.14. The van der Waals surface area contributed by atoms with E-state index in [2.05, 4.69) is 12.2 Å². The molecule has 1 fully saturated rings. The van der Waals surface area contributed by atoms with Gasteiger partial charge in [-0.05, 0) is 19.3 Å². The van der Waals surface area contributed by atoms with Crippen LogP contribution in [0.4, 0.5) is 0 Å². The Morgan fingerprint density at radius 3 is 3.07 bits per heavy atom. The highest BCUT2D eigenvalue weighted by molar-refractivity contribution is 4.77. The Morgan fingerprint density at radius 2 is 2.40 bits per heavy atom. The zero-order valence-corrected chi connectivity index (χ0v) is 9.74. The van der Waals surface area contributed by atoms with Crippen LogP contribution in [0.2, 0.25) is 0 Å². The summed E-state index contributed by atoms with van der Waals surface area (Å²) in [7, 11) is 1.60. The maximum atomic E-state index is 9.48. The van der Waals surface area contributed by atoms with Crippen LogP contribution in [0.15, 0.2) is 0 Å². The van der Waals surface area contributed by atoms with Gasteiger partial charge in [0.2, 0.25) is 0 Å². The standard InChI is InChI=1S/C11H23NO3/c1-3-11-6-9(4-5-15-11)12-7-10(13)8-14-2/h9-13H,3-8H2,1-2H3. The molecule has 0 spiro atoms. The van der Waals surface area contributed by atoms with E-state index in [1.165, 1.54) is 0 Å². The molecule has 0 aromatic carbocycles. The molecule has 1 rings (SSSR count). The predicted molar refractivity (Wildman–Crippen MR) is 58.9 cm³/mol. The van der Waals surface area contributed by atoms with Crippen molar-refractivity contribution >= 4 is 0 Å². The summed E-state index contributed by atoms with van der Waals surface area (Å²) in [5.74, 6) is 0. The van der Waals surface area contributed by atoms with Gasteiger partial charge in [0.05, 0.1) is 18.8 Å². The maximum Gasteiger partial charge on any atom is 0.0897 e. The van der Waals surface area contributed by atoms with Crippen LogP contribution in [0.3, 0.4) is 0 Å². The second-order valence-corrected chi connectivity index (χ2v) is 4.14. The lowest BCUT2D eigenvalue weighted by Gasteiger charge is -2.30. The quantitative estimate of drug-likeness (QED) is 0.682. The van der Waals surface area contributed by atoms with E-state index in [0.717, 1.165) is 25.9 Å². The minimum atomic E-state index is -0.405. The third-order valence-corrected chi connectivity index (χ3v) is 2.82. The summed E-state index contributed by atoms with van der Waals surface area (Å²) in [5.41, 5.74) is 0. The van der Waals surface area contributed by atoms with Crippen molar-refractivity contribution in [3.05, 3.63) is 0 Å². The Labute approximate surface area is 92.0 Å². The van der Waals surface area contributed by atoms with E-state index in [9.17, 15) is 5.11 Å². The van der Waals surface area contributed by atoms with Gasteiger partial charge in [-0.3, -0.25) is 0 Å². The zero-order valence-electron chi connectivity index (χ0n) is 9.74. The maximum absolute atomic E-state index is 9.48. The topological polar surface area (TPSA) is 50.7 Å². The summed E-state index contributed by atoms with van der Waals surface area (Å²) in [6.45, 7) is 3.98. The SMILES string of the molecule is CCC1CC(NCC(O)COC)CCO1. The van der Waals surface area contributed by atoms with Crippen LogP contribution >= 0.6 is 0 Å². The Kier molecular flexibility index (Phi) is 6.17. The molecule has 1 heterocycles. The van der Waals surface area contributed by atoms with E-state index in [-0.39, 0.29) is 0 Å². The van der Waals surface area contributed by atoms with Crippen molar-refractivity contribution in [2.45, 2.75) is 44.4 Å². The molecule has 0 saturated carbocycles. The van der Waals surface area contributed by atoms with Gasteiger partial charge >= 0.3 is 0 Å². The Morgan fingerprint density at radius 1 is 1.60 bits per heavy atom. The summed E-state index contributed by atoms with van der Waals surface area (Å²) in [4.78, 5) is 0. The van der Waals surface area contributed by atoms with E-state index in [1.54, 1.807) is 7.11 Å². The van der Waals surface area contributed by atoms with Gasteiger partial charge in [0, 0.05) is 26.3 Å². The number of ether oxygens (including phenoxy) is 2. The van der Waals surface area contributed by atoms with Gasteiger partial charge in [0.1, 0.15) is 0 Å². The van der Waals surface area contributed by atoms with Crippen molar-refractivity contribution in [1.82, 2.24) is 5.32 Å². The highest BCUT2D eigenvalue weighted by atomic mass is 16.5. The molecule has 4 heteroatoms. The molecular formula is C11H23NO3. The molecule has 0 aromatic heterocycles. The molecule has 0 bridgehead atoms. The van der Waals surface area contributed by atoms with Crippen molar-refractivity contribution in [3.63, 3.8) is 0 Å². The fourth-order valence-corrected chi connectivity index (χ4v) is 1.90. The van der Waals surface area contributed by atoms with Gasteiger partial charge in [0.25, 0.3) is 0 Å². The molecule has 4 nitrogen and oxygen atoms in total. The average molecular weight is 217 g/mol. The third kappa shape index (κ3) is 4.93. The van der Waals surface area contributed by atoms with Gasteiger partial charge in [0.15, 0.2) is 0 Å². The first-order valence-electron chi connectivity index (χ1n) is 5.78. The van der Waals surface area contributed by atoms with Gasteiger partial charge in [-0.15, -0.1) is 0 Å². The first-order chi connectivity index (χ1) is 7.26. The van der Waals surface area contributed by atoms with Gasteiger partial charge in [-0.2, -0.15) is 0 Å². The van der Waals surface area contributed by atoms with Gasteiger partial charge in [-0.1, -0.05) is 6.92 Å². The molecule has 3 unspecified atom stereocenters. The van der Waals surface area contributed by atoms with E-state index >= 15 is 0 Å². The molecule has 0 amide bonds. The molecule has 1 aliphatic rings. The summed E-state index contributed by atoms with van der Waals surface area (Å²) >= 11 is 0. The number of nitrogens with one attached hydrogen (secondary N) is 1. The van der Waals surface area contributed by atoms with Crippen molar-refractivity contribution in [3.8, 4) is 0 Å². The smallest absolute Gasteiger partial charge is 0.0897 e. The van der Waals surface area contributed by atoms with Crippen LogP contribution in [0.1, 0.15) is 26.2 Å². The molecule has 0 aromatic rings. The molecule has 90 valence electrons. The number of hydrogen-bond acceptors (Lipinski definition) is 4. The molecule has 1 aliphatic heterocycles. The highest BCUT2D eigenvalue weighted by Crippen LogP contribution is 2.16. The van der Waals surface area contributed by atoms with Crippen molar-refractivity contribution < 1.29 is 14.6 Å². The monoisotopic (exact) mass is 217 g/mol. The Balaban J connectivity index is 2.14. The lowest BCUT2D eigenvalue weighted by atomic mass is 10.0. The van der Waals surface area contributed by atoms with Crippen molar-refractivity contribution in [1.29, 1.82) is 0 Å². The zero-order chi connectivity index (χ0) is 11.1. The van der Waals surface area contributed by atoms with Crippen LogP contribution in [0, 0.1) is 0 Å². The highest BCUT2D eigenvalue weighted by Gasteiger charge is 2.21. The van der Waals surface area contributed by atoms with E-state index in [4.69, 9.17) is 9.47 Å². The van der Waals surface area contributed by atoms with E-state index in [1.807, 2.05) is 0 Å². The molecule has 2 N–H and O–H groups in total. The average Bonchev–Trinajstić information content (AvgIpc) is 2.27. The molecular weight excluding hydrogens is 194 g/mol. The molecule has 15 heavy (non-hydrogen) atoms. The lowest BCUT2D eigenvalue weighted by molar-refractivity contribution is -0.00429. The largest absolute Gasteiger partial charge is 0.389 e.